The van der Waals surface area contributed by atoms with Crippen LogP contribution in [0.5, 0.6) is 0 Å². The van der Waals surface area contributed by atoms with Crippen molar-refractivity contribution >= 4 is 33.0 Å². The maximum atomic E-state index is 14.2. The molecule has 3 aliphatic rings. The van der Waals surface area contributed by atoms with Crippen molar-refractivity contribution in [1.82, 2.24) is 29.1 Å². The van der Waals surface area contributed by atoms with E-state index in [1.54, 1.807) is 10.5 Å². The third kappa shape index (κ3) is 6.12. The number of carbonyl (C=O) groups excluding carboxylic acids is 1. The third-order valence-electron chi connectivity index (χ3n) is 8.83. The van der Waals surface area contributed by atoms with E-state index in [1.807, 2.05) is 60.6 Å². The number of aryl methyl sites for hydroxylation is 1. The average Bonchev–Trinajstić information content (AvgIpc) is 3.84. The van der Waals surface area contributed by atoms with Crippen LogP contribution in [0, 0.1) is 6.92 Å². The molecule has 2 N–H and O–H groups in total. The Balaban J connectivity index is 1.29. The predicted molar refractivity (Wildman–Crippen MR) is 168 cm³/mol. The fourth-order valence-electron chi connectivity index (χ4n) is 6.28. The van der Waals surface area contributed by atoms with Gasteiger partial charge in [-0.2, -0.15) is 4.98 Å². The Morgan fingerprint density at radius 3 is 2.33 bits per heavy atom. The monoisotopic (exact) mass is 607 g/mol. The highest BCUT2D eigenvalue weighted by atomic mass is 32.2. The van der Waals surface area contributed by atoms with E-state index in [0.29, 0.717) is 69.0 Å². The largest absolute Gasteiger partial charge is 0.351 e. The predicted octanol–water partition coefficient (Wildman–Crippen LogP) is 3.89. The van der Waals surface area contributed by atoms with Crippen molar-refractivity contribution in [2.75, 3.05) is 31.5 Å². The summed E-state index contributed by atoms with van der Waals surface area (Å²) in [6.07, 6.45) is 5.91. The van der Waals surface area contributed by atoms with Gasteiger partial charge in [0, 0.05) is 61.5 Å². The van der Waals surface area contributed by atoms with E-state index in [2.05, 4.69) is 15.6 Å². The molecule has 0 spiro atoms. The van der Waals surface area contributed by atoms with E-state index >= 15 is 0 Å². The molecule has 0 unspecified atom stereocenters. The Bertz CT molecular complexity index is 1670. The van der Waals surface area contributed by atoms with E-state index in [4.69, 9.17) is 4.98 Å². The summed E-state index contributed by atoms with van der Waals surface area (Å²) in [7, 11) is -3.17. The second-order valence-electron chi connectivity index (χ2n) is 12.4. The van der Waals surface area contributed by atoms with Gasteiger partial charge in [-0.3, -0.25) is 9.36 Å². The van der Waals surface area contributed by atoms with Gasteiger partial charge in [-0.1, -0.05) is 24.3 Å². The van der Waals surface area contributed by atoms with Gasteiger partial charge >= 0.3 is 6.03 Å². The van der Waals surface area contributed by atoms with Crippen LogP contribution >= 0.6 is 0 Å². The molecule has 2 aromatic heterocycles. The number of nitrogens with zero attached hydrogens (tertiary/aromatic N) is 5. The summed E-state index contributed by atoms with van der Waals surface area (Å²) < 4.78 is 28.8. The zero-order chi connectivity index (χ0) is 30.3. The molecule has 2 amide bonds. The van der Waals surface area contributed by atoms with Crippen LogP contribution in [0.4, 0.5) is 10.7 Å². The molecule has 12 heteroatoms. The van der Waals surface area contributed by atoms with E-state index in [9.17, 15) is 18.0 Å². The van der Waals surface area contributed by atoms with Gasteiger partial charge in [0.2, 0.25) is 16.0 Å². The minimum absolute atomic E-state index is 0.0391. The normalized spacial score (nSPS) is 19.2. The minimum atomic E-state index is -3.17. The average molecular weight is 608 g/mol. The molecule has 1 saturated carbocycles. The Kier molecular flexibility index (Phi) is 8.16. The van der Waals surface area contributed by atoms with Gasteiger partial charge in [-0.05, 0) is 76.5 Å². The first kappa shape index (κ1) is 29.6. The maximum Gasteiger partial charge on any atom is 0.317 e. The Morgan fingerprint density at radius 2 is 1.67 bits per heavy atom. The van der Waals surface area contributed by atoms with E-state index in [1.165, 1.54) is 0 Å². The summed E-state index contributed by atoms with van der Waals surface area (Å²) in [6, 6.07) is 9.64. The number of hydrogen-bond acceptors (Lipinski definition) is 7. The molecule has 3 fully saturated rings. The van der Waals surface area contributed by atoms with Gasteiger partial charge in [0.1, 0.15) is 5.65 Å². The number of pyridine rings is 1. The molecule has 0 atom stereocenters. The molecule has 3 aromatic rings. The number of fused-ring (bicyclic) bond motifs is 1. The van der Waals surface area contributed by atoms with Crippen LogP contribution in [0.2, 0.25) is 0 Å². The van der Waals surface area contributed by atoms with Crippen LogP contribution in [-0.4, -0.2) is 81.7 Å². The summed E-state index contributed by atoms with van der Waals surface area (Å²) in [5.41, 5.74) is 2.97. The number of benzene rings is 1. The number of sulfonamides is 1. The van der Waals surface area contributed by atoms with Gasteiger partial charge in [0.25, 0.3) is 5.56 Å². The number of urea groups is 1. The zero-order valence-corrected chi connectivity index (χ0v) is 25.9. The van der Waals surface area contributed by atoms with Crippen LogP contribution in [-0.2, 0) is 10.0 Å². The first-order valence-electron chi connectivity index (χ1n) is 15.4. The van der Waals surface area contributed by atoms with Crippen molar-refractivity contribution in [3.8, 4) is 11.1 Å². The van der Waals surface area contributed by atoms with Gasteiger partial charge in [-0.15, -0.1) is 0 Å². The molecular weight excluding hydrogens is 566 g/mol. The molecule has 1 aliphatic carbocycles. The minimum Gasteiger partial charge on any atom is -0.351 e. The Labute approximate surface area is 252 Å². The molecule has 43 heavy (non-hydrogen) atoms. The first-order chi connectivity index (χ1) is 20.6. The molecule has 230 valence electrons. The number of hydrogen-bond donors (Lipinski definition) is 2. The van der Waals surface area contributed by atoms with Crippen LogP contribution in [0.1, 0.15) is 64.0 Å². The lowest BCUT2D eigenvalue weighted by molar-refractivity contribution is 0.169. The topological polar surface area (TPSA) is 130 Å². The number of rotatable bonds is 7. The number of anilines is 1. The summed E-state index contributed by atoms with van der Waals surface area (Å²) in [5, 5.41) is 6.95. The maximum absolute atomic E-state index is 14.2. The molecule has 2 aliphatic heterocycles. The molecule has 6 rings (SSSR count). The molecule has 0 radical (unpaired) electrons. The fraction of sp³-hybridized carbons (Fsp3) is 0.548. The summed E-state index contributed by atoms with van der Waals surface area (Å²) >= 11 is 0. The quantitative estimate of drug-likeness (QED) is 0.417. The second-order valence-corrected chi connectivity index (χ2v) is 14.6. The summed E-state index contributed by atoms with van der Waals surface area (Å²) in [5.74, 6) is 0.432. The highest BCUT2D eigenvalue weighted by Crippen LogP contribution is 2.33. The lowest BCUT2D eigenvalue weighted by atomic mass is 9.99. The van der Waals surface area contributed by atoms with Crippen molar-refractivity contribution < 1.29 is 13.2 Å². The fourth-order valence-corrected chi connectivity index (χ4v) is 8.15. The van der Waals surface area contributed by atoms with Gasteiger partial charge in [0.15, 0.2) is 0 Å². The third-order valence-corrected chi connectivity index (χ3v) is 11.2. The molecule has 2 saturated heterocycles. The van der Waals surface area contributed by atoms with Crippen LogP contribution < -0.4 is 16.2 Å². The summed E-state index contributed by atoms with van der Waals surface area (Å²) in [6.45, 7) is 7.94. The lowest BCUT2D eigenvalue weighted by Gasteiger charge is -2.34. The Hall–Kier alpha value is -3.51. The van der Waals surface area contributed by atoms with Crippen molar-refractivity contribution in [1.29, 1.82) is 0 Å². The molecule has 11 nitrogen and oxygen atoms in total. The molecule has 1 aromatic carbocycles. The molecule has 0 bridgehead atoms. The zero-order valence-electron chi connectivity index (χ0n) is 25.1. The number of nitrogens with one attached hydrogen (secondary N) is 2. The van der Waals surface area contributed by atoms with E-state index in [-0.39, 0.29) is 35.0 Å². The van der Waals surface area contributed by atoms with Crippen molar-refractivity contribution in [3.05, 3.63) is 52.4 Å². The standard InChI is InChI=1S/C31H41N7O4S/c1-20(2)33-31(40)36-14-12-24(13-15-36)38-28-22(18-27(29(38)39)26-7-5-4-6-21(26)3)19-32-30(35-28)34-23-10-16-37(17-11-23)43(41,42)25-8-9-25/h4-7,18-20,23-25H,8-17H2,1-3H3,(H,33,40)(H,32,34,35). The van der Waals surface area contributed by atoms with E-state index < -0.39 is 10.0 Å². The van der Waals surface area contributed by atoms with Crippen molar-refractivity contribution in [2.45, 2.75) is 82.7 Å². The Morgan fingerprint density at radius 1 is 0.977 bits per heavy atom. The molecular formula is C31H41N7O4S. The number of piperidine rings is 2. The number of aromatic nitrogens is 3. The number of amides is 2. The smallest absolute Gasteiger partial charge is 0.317 e. The highest BCUT2D eigenvalue weighted by molar-refractivity contribution is 7.90. The van der Waals surface area contributed by atoms with Crippen molar-refractivity contribution in [2.24, 2.45) is 0 Å². The van der Waals surface area contributed by atoms with Crippen LogP contribution in [0.15, 0.2) is 41.3 Å². The second kappa shape index (κ2) is 11.9. The van der Waals surface area contributed by atoms with Gasteiger partial charge in [0.05, 0.1) is 5.25 Å². The molecule has 4 heterocycles. The van der Waals surface area contributed by atoms with Crippen LogP contribution in [0.3, 0.4) is 0 Å². The van der Waals surface area contributed by atoms with Crippen molar-refractivity contribution in [3.63, 3.8) is 0 Å². The lowest BCUT2D eigenvalue weighted by Crippen LogP contribution is -2.47. The number of carbonyl (C=O) groups is 1. The highest BCUT2D eigenvalue weighted by Gasteiger charge is 2.41. The summed E-state index contributed by atoms with van der Waals surface area (Å²) in [4.78, 5) is 38.2. The SMILES string of the molecule is Cc1ccccc1-c1cc2cnc(NC3CCN(S(=O)(=O)C4CC4)CC3)nc2n(C2CCN(C(=O)NC(C)C)CC2)c1=O. The first-order valence-corrected chi connectivity index (χ1v) is 16.9. The van der Waals surface area contributed by atoms with Gasteiger partial charge in [-0.25, -0.2) is 22.5 Å². The number of likely N-dealkylation sites (tertiary alicyclic amines) is 1. The van der Waals surface area contributed by atoms with Gasteiger partial charge < -0.3 is 15.5 Å². The van der Waals surface area contributed by atoms with Crippen LogP contribution in [0.25, 0.3) is 22.2 Å². The van der Waals surface area contributed by atoms with E-state index in [0.717, 1.165) is 29.4 Å².